The van der Waals surface area contributed by atoms with E-state index in [0.717, 1.165) is 0 Å². The molecule has 10 heteroatoms. The van der Waals surface area contributed by atoms with Crippen molar-refractivity contribution < 1.29 is 18.1 Å². The molecule has 1 amide bonds. The van der Waals surface area contributed by atoms with Crippen LogP contribution in [-0.2, 0) is 6.54 Å². The summed E-state index contributed by atoms with van der Waals surface area (Å²) in [4.78, 5) is 33.9. The number of carbonyl (C=O) groups excluding carboxylic acids is 1. The zero-order valence-corrected chi connectivity index (χ0v) is 21.9. The van der Waals surface area contributed by atoms with Crippen molar-refractivity contribution in [2.75, 3.05) is 13.1 Å². The monoisotopic (exact) mass is 523 g/mol. The summed E-state index contributed by atoms with van der Waals surface area (Å²) in [6.45, 7) is 7.77. The number of aromatic nitrogens is 3. The molecule has 38 heavy (non-hydrogen) atoms. The van der Waals surface area contributed by atoms with Crippen LogP contribution in [0.25, 0.3) is 11.1 Å². The summed E-state index contributed by atoms with van der Waals surface area (Å²) >= 11 is 0. The molecule has 0 spiro atoms. The van der Waals surface area contributed by atoms with E-state index in [1.165, 1.54) is 22.8 Å². The Balaban J connectivity index is 1.91. The minimum Gasteiger partial charge on any atom is -0.335 e. The van der Waals surface area contributed by atoms with Gasteiger partial charge < -0.3 is 15.2 Å². The van der Waals surface area contributed by atoms with Crippen LogP contribution in [0.4, 0.5) is 8.78 Å². The molecular formula is C28H31F2N5O3. The summed E-state index contributed by atoms with van der Waals surface area (Å²) in [6, 6.07) is 9.48. The van der Waals surface area contributed by atoms with Crippen LogP contribution in [0.15, 0.2) is 51.8 Å². The maximum absolute atomic E-state index is 14.4. The molecule has 4 rings (SSSR count). The lowest BCUT2D eigenvalue weighted by molar-refractivity contribution is 0.0601. The Morgan fingerprint density at radius 1 is 1.13 bits per heavy atom. The molecule has 200 valence electrons. The first-order chi connectivity index (χ1) is 18.1. The number of amides is 1. The summed E-state index contributed by atoms with van der Waals surface area (Å²) in [7, 11) is 0. The van der Waals surface area contributed by atoms with Gasteiger partial charge in [0.05, 0.1) is 18.3 Å². The van der Waals surface area contributed by atoms with Crippen molar-refractivity contribution in [1.82, 2.24) is 19.6 Å². The number of hydrogen-bond acceptors (Lipinski definition) is 6. The highest BCUT2D eigenvalue weighted by molar-refractivity contribution is 5.94. The first kappa shape index (κ1) is 27.1. The minimum absolute atomic E-state index is 0.0658. The molecule has 2 aromatic carbocycles. The van der Waals surface area contributed by atoms with Gasteiger partial charge in [-0.2, -0.15) is 4.98 Å². The molecule has 0 radical (unpaired) electrons. The van der Waals surface area contributed by atoms with Crippen molar-refractivity contribution in [2.24, 2.45) is 11.7 Å². The summed E-state index contributed by atoms with van der Waals surface area (Å²) in [5.41, 5.74) is 7.15. The first-order valence-electron chi connectivity index (χ1n) is 12.5. The van der Waals surface area contributed by atoms with Crippen molar-refractivity contribution in [3.63, 3.8) is 0 Å². The van der Waals surface area contributed by atoms with E-state index in [1.54, 1.807) is 43.0 Å². The Kier molecular flexibility index (Phi) is 8.01. The van der Waals surface area contributed by atoms with Gasteiger partial charge in [-0.3, -0.25) is 14.2 Å². The van der Waals surface area contributed by atoms with Crippen molar-refractivity contribution in [1.29, 1.82) is 0 Å². The highest BCUT2D eigenvalue weighted by atomic mass is 19.1. The van der Waals surface area contributed by atoms with Crippen LogP contribution >= 0.6 is 0 Å². The van der Waals surface area contributed by atoms with Gasteiger partial charge in [-0.1, -0.05) is 37.2 Å². The normalized spacial score (nSPS) is 12.3. The zero-order chi connectivity index (χ0) is 27.6. The van der Waals surface area contributed by atoms with Gasteiger partial charge in [0.25, 0.3) is 17.2 Å². The van der Waals surface area contributed by atoms with Crippen molar-refractivity contribution >= 4 is 17.0 Å². The SMILES string of the molecule is Cc1ccc(C(=O)N(CCCN)C(c2nc3onc(C)c3c(=O)n2Cc2ccc(F)cc2)C(C)C)cc1F. The average molecular weight is 524 g/mol. The minimum atomic E-state index is -0.693. The topological polar surface area (TPSA) is 107 Å². The van der Waals surface area contributed by atoms with E-state index < -0.39 is 23.6 Å². The van der Waals surface area contributed by atoms with E-state index in [1.807, 2.05) is 13.8 Å². The van der Waals surface area contributed by atoms with E-state index >= 15 is 0 Å². The quantitative estimate of drug-likeness (QED) is 0.346. The molecule has 0 saturated carbocycles. The fourth-order valence-corrected chi connectivity index (χ4v) is 4.55. The number of hydrogen-bond donors (Lipinski definition) is 1. The fraction of sp³-hybridized carbons (Fsp3) is 0.357. The second-order valence-corrected chi connectivity index (χ2v) is 9.73. The number of carbonyl (C=O) groups is 1. The molecule has 4 aromatic rings. The van der Waals surface area contributed by atoms with Gasteiger partial charge in [-0.25, -0.2) is 8.78 Å². The molecule has 0 aliphatic heterocycles. The third-order valence-corrected chi connectivity index (χ3v) is 6.56. The van der Waals surface area contributed by atoms with Crippen molar-refractivity contribution in [3.8, 4) is 0 Å². The first-order valence-corrected chi connectivity index (χ1v) is 12.5. The van der Waals surface area contributed by atoms with Crippen LogP contribution in [0.5, 0.6) is 0 Å². The maximum atomic E-state index is 14.4. The molecule has 1 atom stereocenters. The summed E-state index contributed by atoms with van der Waals surface area (Å²) in [5, 5.41) is 4.15. The highest BCUT2D eigenvalue weighted by Gasteiger charge is 2.33. The molecule has 8 nitrogen and oxygen atoms in total. The number of fused-ring (bicyclic) bond motifs is 1. The summed E-state index contributed by atoms with van der Waals surface area (Å²) in [6.07, 6.45) is 0.481. The third kappa shape index (κ3) is 5.35. The molecule has 0 aliphatic rings. The van der Waals surface area contributed by atoms with E-state index in [9.17, 15) is 18.4 Å². The van der Waals surface area contributed by atoms with E-state index in [-0.39, 0.29) is 47.1 Å². The van der Waals surface area contributed by atoms with Gasteiger partial charge >= 0.3 is 0 Å². The Morgan fingerprint density at radius 3 is 2.47 bits per heavy atom. The standard InChI is InChI=1S/C28H31F2N5O3/c1-16(2)24(34(13-5-12-31)27(36)20-9-6-17(3)22(30)14-20)25-32-26-23(18(4)33-38-26)28(37)35(25)15-19-7-10-21(29)11-8-19/h6-11,14,16,24H,5,12-13,15,31H2,1-4H3. The number of benzene rings is 2. The average Bonchev–Trinajstić information content (AvgIpc) is 3.26. The van der Waals surface area contributed by atoms with Crippen molar-refractivity contribution in [3.05, 3.63) is 92.7 Å². The molecule has 2 N–H and O–H groups in total. The fourth-order valence-electron chi connectivity index (χ4n) is 4.55. The van der Waals surface area contributed by atoms with Gasteiger partial charge in [0, 0.05) is 12.1 Å². The second-order valence-electron chi connectivity index (χ2n) is 9.73. The van der Waals surface area contributed by atoms with Gasteiger partial charge in [0.15, 0.2) is 0 Å². The zero-order valence-electron chi connectivity index (χ0n) is 21.9. The smallest absolute Gasteiger partial charge is 0.267 e. The van der Waals surface area contributed by atoms with Gasteiger partial charge in [-0.05, 0) is 68.1 Å². The predicted molar refractivity (Wildman–Crippen MR) is 140 cm³/mol. The van der Waals surface area contributed by atoms with E-state index in [4.69, 9.17) is 10.3 Å². The lowest BCUT2D eigenvalue weighted by atomic mass is 9.98. The lowest BCUT2D eigenvalue weighted by Gasteiger charge is -2.35. The third-order valence-electron chi connectivity index (χ3n) is 6.56. The van der Waals surface area contributed by atoms with Crippen molar-refractivity contribution in [2.45, 2.75) is 46.7 Å². The number of halogens is 2. The van der Waals surface area contributed by atoms with Gasteiger partial charge in [-0.15, -0.1) is 0 Å². The summed E-state index contributed by atoms with van der Waals surface area (Å²) < 4.78 is 34.8. The molecule has 2 heterocycles. The number of rotatable bonds is 9. The van der Waals surface area contributed by atoms with E-state index in [0.29, 0.717) is 29.8 Å². The van der Waals surface area contributed by atoms with Crippen LogP contribution in [-0.4, -0.2) is 38.6 Å². The predicted octanol–water partition coefficient (Wildman–Crippen LogP) is 4.52. The Labute approximate surface area is 219 Å². The van der Waals surface area contributed by atoms with Gasteiger partial charge in [0.2, 0.25) is 0 Å². The maximum Gasteiger partial charge on any atom is 0.267 e. The lowest BCUT2D eigenvalue weighted by Crippen LogP contribution is -2.42. The van der Waals surface area contributed by atoms with Crippen LogP contribution < -0.4 is 11.3 Å². The van der Waals surface area contributed by atoms with Crippen LogP contribution in [0, 0.1) is 31.4 Å². The Morgan fingerprint density at radius 2 is 1.84 bits per heavy atom. The van der Waals surface area contributed by atoms with Crippen LogP contribution in [0.2, 0.25) is 0 Å². The highest BCUT2D eigenvalue weighted by Crippen LogP contribution is 2.31. The van der Waals surface area contributed by atoms with Crippen LogP contribution in [0.1, 0.15) is 59.3 Å². The molecule has 2 aromatic heterocycles. The Bertz CT molecular complexity index is 1510. The number of nitrogens with zero attached hydrogens (tertiary/aromatic N) is 4. The molecule has 0 fully saturated rings. The number of aryl methyl sites for hydroxylation is 2. The molecular weight excluding hydrogens is 492 g/mol. The largest absolute Gasteiger partial charge is 0.335 e. The van der Waals surface area contributed by atoms with Crippen LogP contribution in [0.3, 0.4) is 0 Å². The molecule has 0 saturated heterocycles. The molecule has 1 unspecified atom stereocenters. The molecule has 0 bridgehead atoms. The van der Waals surface area contributed by atoms with E-state index in [2.05, 4.69) is 10.1 Å². The Hall–Kier alpha value is -3.92. The summed E-state index contributed by atoms with van der Waals surface area (Å²) in [5.74, 6) is -1.21. The second kappa shape index (κ2) is 11.2. The number of nitrogens with two attached hydrogens (primary N) is 1. The molecule has 0 aliphatic carbocycles. The van der Waals surface area contributed by atoms with Gasteiger partial charge in [0.1, 0.15) is 22.8 Å².